The minimum atomic E-state index is -0.421. The van der Waals surface area contributed by atoms with E-state index in [4.69, 9.17) is 5.73 Å². The Labute approximate surface area is 115 Å². The van der Waals surface area contributed by atoms with Crippen LogP contribution in [0.5, 0.6) is 0 Å². The first-order valence-corrected chi connectivity index (χ1v) is 5.96. The summed E-state index contributed by atoms with van der Waals surface area (Å²) >= 11 is 0. The van der Waals surface area contributed by atoms with Gasteiger partial charge in [-0.25, -0.2) is 15.0 Å². The van der Waals surface area contributed by atoms with Crippen LogP contribution in [-0.2, 0) is 4.79 Å². The molecule has 2 heterocycles. The molecule has 1 aromatic carbocycles. The zero-order valence-corrected chi connectivity index (χ0v) is 11.0. The Morgan fingerprint density at radius 1 is 1.15 bits per heavy atom. The van der Waals surface area contributed by atoms with Crippen molar-refractivity contribution in [2.45, 2.75) is 0 Å². The van der Waals surface area contributed by atoms with Crippen LogP contribution in [0.3, 0.4) is 0 Å². The number of hydrogen-bond donors (Lipinski definition) is 1. The first kappa shape index (κ1) is 12.2. The van der Waals surface area contributed by atoms with Crippen LogP contribution in [0.4, 0.5) is 11.4 Å². The Morgan fingerprint density at radius 3 is 2.65 bits per heavy atom. The van der Waals surface area contributed by atoms with E-state index in [1.165, 1.54) is 6.34 Å². The Kier molecular flexibility index (Phi) is 2.67. The third-order valence-electron chi connectivity index (χ3n) is 2.94. The highest BCUT2D eigenvalue weighted by atomic mass is 16.1. The van der Waals surface area contributed by atoms with Crippen LogP contribution in [0.2, 0.25) is 0 Å². The molecule has 1 amide bonds. The molecule has 20 heavy (non-hydrogen) atoms. The monoisotopic (exact) mass is 268 g/mol. The Bertz CT molecular complexity index is 726. The summed E-state index contributed by atoms with van der Waals surface area (Å²) in [7, 11) is 3.81. The first-order valence-electron chi connectivity index (χ1n) is 5.96. The van der Waals surface area contributed by atoms with Gasteiger partial charge in [-0.2, -0.15) is 4.99 Å². The molecule has 0 aromatic heterocycles. The number of benzene rings is 1. The summed E-state index contributed by atoms with van der Waals surface area (Å²) in [6, 6.07) is 5.43. The number of nitrogens with zero attached hydrogens (tertiary/aromatic N) is 5. The van der Waals surface area contributed by atoms with Crippen molar-refractivity contribution in [1.82, 2.24) is 0 Å². The van der Waals surface area contributed by atoms with Gasteiger partial charge < -0.3 is 10.6 Å². The molecule has 0 spiro atoms. The molecule has 0 unspecified atom stereocenters. The standard InChI is InChI=1S/C13H12N6O/c1-19(2)9-5-7(14)3-4-8(9)11-17-10-12(18-11)15-6-16-13(10)20/h3-6H,14H2,1-2H3. The van der Waals surface area contributed by atoms with Crippen molar-refractivity contribution in [3.05, 3.63) is 23.8 Å². The molecular formula is C13H12N6O. The number of rotatable bonds is 2. The Hall–Kier alpha value is -2.83. The number of carbonyl (C=O) groups is 1. The summed E-state index contributed by atoms with van der Waals surface area (Å²) in [6.07, 6.45) is 1.19. The molecule has 3 rings (SSSR count). The number of nitrogen functional groups attached to an aromatic ring is 1. The van der Waals surface area contributed by atoms with Crippen molar-refractivity contribution in [3.63, 3.8) is 0 Å². The maximum absolute atomic E-state index is 11.6. The molecular weight excluding hydrogens is 256 g/mol. The molecule has 2 aliphatic heterocycles. The van der Waals surface area contributed by atoms with Crippen molar-refractivity contribution in [3.8, 4) is 0 Å². The summed E-state index contributed by atoms with van der Waals surface area (Å²) in [4.78, 5) is 29.6. The number of aliphatic imine (C=N–C) groups is 4. The molecule has 7 heteroatoms. The topological polar surface area (TPSA) is 95.8 Å². The fourth-order valence-electron chi connectivity index (χ4n) is 1.99. The molecule has 0 atom stereocenters. The number of nitrogens with two attached hydrogens (primary N) is 1. The smallest absolute Gasteiger partial charge is 0.301 e. The van der Waals surface area contributed by atoms with Gasteiger partial charge in [0, 0.05) is 31.0 Å². The van der Waals surface area contributed by atoms with Crippen molar-refractivity contribution >= 4 is 41.0 Å². The van der Waals surface area contributed by atoms with Gasteiger partial charge in [0.2, 0.25) is 0 Å². The number of carbonyl (C=O) groups excluding carboxylic acids is 1. The van der Waals surface area contributed by atoms with Crippen LogP contribution in [0.15, 0.2) is 38.2 Å². The second kappa shape index (κ2) is 4.37. The van der Waals surface area contributed by atoms with Gasteiger partial charge in [0.25, 0.3) is 0 Å². The van der Waals surface area contributed by atoms with Crippen LogP contribution in [0, 0.1) is 0 Å². The lowest BCUT2D eigenvalue weighted by Crippen LogP contribution is -2.21. The quantitative estimate of drug-likeness (QED) is 0.791. The number of fused-ring (bicyclic) bond motifs is 1. The summed E-state index contributed by atoms with van der Waals surface area (Å²) in [5.41, 5.74) is 8.31. The molecule has 7 nitrogen and oxygen atoms in total. The highest BCUT2D eigenvalue weighted by molar-refractivity contribution is 6.71. The molecule has 0 bridgehead atoms. The summed E-state index contributed by atoms with van der Waals surface area (Å²) in [5, 5.41) is 0. The van der Waals surface area contributed by atoms with Gasteiger partial charge >= 0.3 is 5.91 Å². The molecule has 100 valence electrons. The minimum absolute atomic E-state index is 0.184. The van der Waals surface area contributed by atoms with Gasteiger partial charge in [-0.3, -0.25) is 4.79 Å². The third kappa shape index (κ3) is 1.89. The van der Waals surface area contributed by atoms with E-state index in [1.807, 2.05) is 31.1 Å². The molecule has 0 aliphatic carbocycles. The highest BCUT2D eigenvalue weighted by Gasteiger charge is 2.28. The van der Waals surface area contributed by atoms with Gasteiger partial charge in [0.05, 0.1) is 0 Å². The fourth-order valence-corrected chi connectivity index (χ4v) is 1.99. The number of anilines is 2. The van der Waals surface area contributed by atoms with Crippen LogP contribution in [0.25, 0.3) is 0 Å². The minimum Gasteiger partial charge on any atom is -0.399 e. The largest absolute Gasteiger partial charge is 0.399 e. The first-order chi connectivity index (χ1) is 9.56. The Morgan fingerprint density at radius 2 is 1.95 bits per heavy atom. The van der Waals surface area contributed by atoms with Gasteiger partial charge in [0.1, 0.15) is 6.34 Å². The average molecular weight is 268 g/mol. The molecule has 0 saturated carbocycles. The van der Waals surface area contributed by atoms with Crippen molar-refractivity contribution in [2.75, 3.05) is 24.7 Å². The zero-order chi connectivity index (χ0) is 14.3. The average Bonchev–Trinajstić information content (AvgIpc) is 2.84. The third-order valence-corrected chi connectivity index (χ3v) is 2.94. The molecule has 2 aliphatic rings. The van der Waals surface area contributed by atoms with Crippen LogP contribution < -0.4 is 10.6 Å². The van der Waals surface area contributed by atoms with Gasteiger partial charge in [-0.05, 0) is 18.2 Å². The van der Waals surface area contributed by atoms with E-state index in [2.05, 4.69) is 20.0 Å². The van der Waals surface area contributed by atoms with Crippen LogP contribution in [0.1, 0.15) is 5.56 Å². The van der Waals surface area contributed by atoms with E-state index in [0.29, 0.717) is 17.4 Å². The molecule has 2 N–H and O–H groups in total. The lowest BCUT2D eigenvalue weighted by atomic mass is 10.1. The summed E-state index contributed by atoms with van der Waals surface area (Å²) < 4.78 is 0. The van der Waals surface area contributed by atoms with Crippen molar-refractivity contribution < 1.29 is 4.79 Å². The van der Waals surface area contributed by atoms with Crippen LogP contribution in [-0.4, -0.2) is 43.7 Å². The predicted octanol–water partition coefficient (Wildman–Crippen LogP) is 0.503. The number of amidine groups is 2. The molecule has 0 fully saturated rings. The second-order valence-electron chi connectivity index (χ2n) is 4.57. The van der Waals surface area contributed by atoms with Crippen LogP contribution >= 0.6 is 0 Å². The Balaban J connectivity index is 2.10. The lowest BCUT2D eigenvalue weighted by Gasteiger charge is -2.17. The molecule has 1 aromatic rings. The van der Waals surface area contributed by atoms with E-state index in [-0.39, 0.29) is 5.71 Å². The fraction of sp³-hybridized carbons (Fsp3) is 0.154. The van der Waals surface area contributed by atoms with Gasteiger partial charge in [-0.15, -0.1) is 0 Å². The maximum Gasteiger partial charge on any atom is 0.301 e. The maximum atomic E-state index is 11.6. The summed E-state index contributed by atoms with van der Waals surface area (Å²) in [5.74, 6) is 0.332. The molecule has 0 radical (unpaired) electrons. The van der Waals surface area contributed by atoms with E-state index >= 15 is 0 Å². The van der Waals surface area contributed by atoms with E-state index < -0.39 is 5.91 Å². The number of hydrogen-bond acceptors (Lipinski definition) is 6. The second-order valence-corrected chi connectivity index (χ2v) is 4.57. The molecule has 0 saturated heterocycles. The van der Waals surface area contributed by atoms with Crippen molar-refractivity contribution in [1.29, 1.82) is 0 Å². The van der Waals surface area contributed by atoms with E-state index in [1.54, 1.807) is 6.07 Å². The van der Waals surface area contributed by atoms with E-state index in [0.717, 1.165) is 11.3 Å². The van der Waals surface area contributed by atoms with Crippen molar-refractivity contribution in [2.24, 2.45) is 20.0 Å². The predicted molar refractivity (Wildman–Crippen MR) is 80.1 cm³/mol. The zero-order valence-electron chi connectivity index (χ0n) is 11.0. The number of amides is 1. The summed E-state index contributed by atoms with van der Waals surface area (Å²) in [6.45, 7) is 0. The highest BCUT2D eigenvalue weighted by Crippen LogP contribution is 2.25. The lowest BCUT2D eigenvalue weighted by molar-refractivity contribution is -0.111. The van der Waals surface area contributed by atoms with E-state index in [9.17, 15) is 4.79 Å². The SMILES string of the molecule is CN(C)c1cc(N)ccc1C1=NC2=NC=NC(=O)C2=N1. The van der Waals surface area contributed by atoms with Gasteiger partial charge in [0.15, 0.2) is 17.4 Å². The normalized spacial score (nSPS) is 16.5. The van der Waals surface area contributed by atoms with Gasteiger partial charge in [-0.1, -0.05) is 0 Å².